The van der Waals surface area contributed by atoms with E-state index in [4.69, 9.17) is 4.74 Å². The zero-order chi connectivity index (χ0) is 12.0. The largest absolute Gasteiger partial charge is 0.385 e. The first-order valence-corrected chi connectivity index (χ1v) is 5.93. The molecular formula is C12H16BrNO2. The van der Waals surface area contributed by atoms with Crippen LogP contribution in [0.3, 0.4) is 0 Å². The molecule has 0 radical (unpaired) electrons. The van der Waals surface area contributed by atoms with Crippen LogP contribution in [0.4, 0.5) is 5.69 Å². The fourth-order valence-corrected chi connectivity index (χ4v) is 1.88. The van der Waals surface area contributed by atoms with Gasteiger partial charge in [0.2, 0.25) is 0 Å². The first kappa shape index (κ1) is 13.2. The Bertz CT molecular complexity index is 355. The van der Waals surface area contributed by atoms with Crippen molar-refractivity contribution >= 4 is 27.9 Å². The van der Waals surface area contributed by atoms with Gasteiger partial charge in [0.1, 0.15) is 0 Å². The summed E-state index contributed by atoms with van der Waals surface area (Å²) in [6.07, 6.45) is 1.83. The van der Waals surface area contributed by atoms with Crippen LogP contribution in [0.25, 0.3) is 0 Å². The van der Waals surface area contributed by atoms with Gasteiger partial charge in [0, 0.05) is 43.0 Å². The van der Waals surface area contributed by atoms with Crippen LogP contribution in [-0.2, 0) is 4.74 Å². The second-order valence-corrected chi connectivity index (χ2v) is 4.45. The summed E-state index contributed by atoms with van der Waals surface area (Å²) in [5.74, 6) is 0. The number of halogens is 1. The van der Waals surface area contributed by atoms with E-state index < -0.39 is 0 Å². The first-order chi connectivity index (χ1) is 7.69. The second-order valence-electron chi connectivity index (χ2n) is 3.59. The molecule has 1 aromatic carbocycles. The highest BCUT2D eigenvalue weighted by Crippen LogP contribution is 2.22. The summed E-state index contributed by atoms with van der Waals surface area (Å²) in [5, 5.41) is 0. The Labute approximate surface area is 105 Å². The van der Waals surface area contributed by atoms with Gasteiger partial charge < -0.3 is 9.64 Å². The molecule has 16 heavy (non-hydrogen) atoms. The Morgan fingerprint density at radius 3 is 2.81 bits per heavy atom. The molecule has 3 nitrogen and oxygen atoms in total. The van der Waals surface area contributed by atoms with E-state index in [0.29, 0.717) is 5.56 Å². The van der Waals surface area contributed by atoms with Crippen LogP contribution in [-0.4, -0.2) is 33.6 Å². The third-order valence-electron chi connectivity index (χ3n) is 2.39. The Morgan fingerprint density at radius 2 is 2.25 bits per heavy atom. The van der Waals surface area contributed by atoms with Gasteiger partial charge in [-0.05, 0) is 40.5 Å². The van der Waals surface area contributed by atoms with Gasteiger partial charge in [-0.1, -0.05) is 0 Å². The van der Waals surface area contributed by atoms with E-state index in [1.165, 1.54) is 0 Å². The van der Waals surface area contributed by atoms with Gasteiger partial charge in [-0.2, -0.15) is 0 Å². The second kappa shape index (κ2) is 6.66. The Hall–Kier alpha value is -0.870. The molecule has 0 aliphatic heterocycles. The lowest BCUT2D eigenvalue weighted by Crippen LogP contribution is -2.19. The molecule has 0 unspecified atom stereocenters. The highest BCUT2D eigenvalue weighted by molar-refractivity contribution is 9.10. The molecule has 0 fully saturated rings. The van der Waals surface area contributed by atoms with Crippen LogP contribution in [0.15, 0.2) is 22.7 Å². The van der Waals surface area contributed by atoms with Crippen LogP contribution in [0.2, 0.25) is 0 Å². The van der Waals surface area contributed by atoms with Gasteiger partial charge in [0.15, 0.2) is 6.29 Å². The molecule has 0 saturated heterocycles. The normalized spacial score (nSPS) is 10.2. The number of ether oxygens (including phenoxy) is 1. The maximum absolute atomic E-state index is 10.7. The number of anilines is 1. The van der Waals surface area contributed by atoms with Crippen molar-refractivity contribution in [1.82, 2.24) is 0 Å². The molecule has 0 saturated carbocycles. The van der Waals surface area contributed by atoms with Crippen molar-refractivity contribution in [3.8, 4) is 0 Å². The first-order valence-electron chi connectivity index (χ1n) is 5.14. The van der Waals surface area contributed by atoms with Gasteiger partial charge in [0.05, 0.1) is 0 Å². The van der Waals surface area contributed by atoms with Crippen molar-refractivity contribution in [1.29, 1.82) is 0 Å². The summed E-state index contributed by atoms with van der Waals surface area (Å²) in [5.41, 5.74) is 1.77. The predicted molar refractivity (Wildman–Crippen MR) is 69.3 cm³/mol. The molecule has 0 aromatic heterocycles. The van der Waals surface area contributed by atoms with Crippen molar-refractivity contribution in [3.63, 3.8) is 0 Å². The highest BCUT2D eigenvalue weighted by Gasteiger charge is 2.04. The lowest BCUT2D eigenvalue weighted by molar-refractivity contribution is 0.112. The fourth-order valence-electron chi connectivity index (χ4n) is 1.42. The average Bonchev–Trinajstić information content (AvgIpc) is 2.29. The van der Waals surface area contributed by atoms with Crippen molar-refractivity contribution in [3.05, 3.63) is 28.2 Å². The molecule has 0 heterocycles. The third kappa shape index (κ3) is 3.61. The van der Waals surface area contributed by atoms with Crippen molar-refractivity contribution in [2.75, 3.05) is 32.2 Å². The molecule has 0 spiro atoms. The number of rotatable bonds is 6. The van der Waals surface area contributed by atoms with Crippen LogP contribution in [0, 0.1) is 0 Å². The minimum Gasteiger partial charge on any atom is -0.385 e. The number of benzene rings is 1. The van der Waals surface area contributed by atoms with E-state index in [1.807, 2.05) is 25.2 Å². The summed E-state index contributed by atoms with van der Waals surface area (Å²) in [6, 6.07) is 5.72. The van der Waals surface area contributed by atoms with E-state index in [-0.39, 0.29) is 0 Å². The molecule has 4 heteroatoms. The summed E-state index contributed by atoms with van der Waals surface area (Å²) >= 11 is 3.37. The minimum absolute atomic E-state index is 0.675. The molecule has 0 atom stereocenters. The monoisotopic (exact) mass is 285 g/mol. The number of aldehydes is 1. The van der Waals surface area contributed by atoms with Gasteiger partial charge in [-0.15, -0.1) is 0 Å². The van der Waals surface area contributed by atoms with Crippen LogP contribution in [0.1, 0.15) is 16.8 Å². The molecule has 0 aliphatic carbocycles. The van der Waals surface area contributed by atoms with Crippen molar-refractivity contribution < 1.29 is 9.53 Å². The SMILES string of the molecule is COCCCN(C)c1ccc(C=O)c(Br)c1. The Kier molecular flexibility index (Phi) is 5.49. The highest BCUT2D eigenvalue weighted by atomic mass is 79.9. The zero-order valence-corrected chi connectivity index (χ0v) is 11.2. The number of hydrogen-bond acceptors (Lipinski definition) is 3. The van der Waals surface area contributed by atoms with Crippen LogP contribution >= 0.6 is 15.9 Å². The van der Waals surface area contributed by atoms with Gasteiger partial charge in [0.25, 0.3) is 0 Å². The fraction of sp³-hybridized carbons (Fsp3) is 0.417. The van der Waals surface area contributed by atoms with Gasteiger partial charge in [-0.3, -0.25) is 4.79 Å². The van der Waals surface area contributed by atoms with E-state index in [1.54, 1.807) is 7.11 Å². The molecule has 1 rings (SSSR count). The smallest absolute Gasteiger partial charge is 0.151 e. The van der Waals surface area contributed by atoms with E-state index in [0.717, 1.165) is 36.0 Å². The number of carbonyl (C=O) groups is 1. The summed E-state index contributed by atoms with van der Waals surface area (Å²) in [4.78, 5) is 12.8. The van der Waals surface area contributed by atoms with E-state index >= 15 is 0 Å². The van der Waals surface area contributed by atoms with E-state index in [2.05, 4.69) is 20.8 Å². The standard InChI is InChI=1S/C12H16BrNO2/c1-14(6-3-7-16-2)11-5-4-10(9-15)12(13)8-11/h4-5,8-9H,3,6-7H2,1-2H3. The zero-order valence-electron chi connectivity index (χ0n) is 9.57. The summed E-state index contributed by atoms with van der Waals surface area (Å²) < 4.78 is 5.84. The molecule has 88 valence electrons. The summed E-state index contributed by atoms with van der Waals surface area (Å²) in [7, 11) is 3.73. The molecule has 1 aromatic rings. The van der Waals surface area contributed by atoms with Crippen molar-refractivity contribution in [2.45, 2.75) is 6.42 Å². The Morgan fingerprint density at radius 1 is 1.50 bits per heavy atom. The topological polar surface area (TPSA) is 29.5 Å². The predicted octanol–water partition coefficient (Wildman–Crippen LogP) is 2.73. The Balaban J connectivity index is 2.65. The molecule has 0 N–H and O–H groups in total. The number of carbonyl (C=O) groups excluding carboxylic acids is 1. The quantitative estimate of drug-likeness (QED) is 0.595. The van der Waals surface area contributed by atoms with Crippen LogP contribution in [0.5, 0.6) is 0 Å². The average molecular weight is 286 g/mol. The molecule has 0 amide bonds. The van der Waals surface area contributed by atoms with Crippen LogP contribution < -0.4 is 4.90 Å². The maximum Gasteiger partial charge on any atom is 0.151 e. The van der Waals surface area contributed by atoms with Gasteiger partial charge >= 0.3 is 0 Å². The lowest BCUT2D eigenvalue weighted by atomic mass is 10.2. The van der Waals surface area contributed by atoms with E-state index in [9.17, 15) is 4.79 Å². The summed E-state index contributed by atoms with van der Waals surface area (Å²) in [6.45, 7) is 1.69. The molecule has 0 aliphatic rings. The molecular weight excluding hydrogens is 270 g/mol. The number of hydrogen-bond donors (Lipinski definition) is 0. The maximum atomic E-state index is 10.7. The number of methoxy groups -OCH3 is 1. The molecule has 0 bridgehead atoms. The lowest BCUT2D eigenvalue weighted by Gasteiger charge is -2.19. The minimum atomic E-state index is 0.675. The van der Waals surface area contributed by atoms with Crippen molar-refractivity contribution in [2.24, 2.45) is 0 Å². The third-order valence-corrected chi connectivity index (χ3v) is 3.08. The van der Waals surface area contributed by atoms with Gasteiger partial charge in [-0.25, -0.2) is 0 Å². The number of nitrogens with zero attached hydrogens (tertiary/aromatic N) is 1.